The first kappa shape index (κ1) is 12.3. The molecule has 0 fully saturated rings. The highest BCUT2D eigenvalue weighted by Crippen LogP contribution is 2.13. The van der Waals surface area contributed by atoms with Crippen LogP contribution in [0.25, 0.3) is 0 Å². The molecule has 84 valence electrons. The summed E-state index contributed by atoms with van der Waals surface area (Å²) in [5.74, 6) is 6.00. The molecular weight excluding hydrogens is 200 g/mol. The van der Waals surface area contributed by atoms with Crippen molar-refractivity contribution in [3.8, 4) is 17.6 Å². The van der Waals surface area contributed by atoms with Crippen LogP contribution in [0, 0.1) is 17.3 Å². The van der Waals surface area contributed by atoms with Crippen molar-refractivity contribution in [3.63, 3.8) is 0 Å². The predicted octanol–water partition coefficient (Wildman–Crippen LogP) is 2.68. The summed E-state index contributed by atoms with van der Waals surface area (Å²) in [6.07, 6.45) is 0. The van der Waals surface area contributed by atoms with Crippen molar-refractivity contribution >= 4 is 5.78 Å². The van der Waals surface area contributed by atoms with Gasteiger partial charge in [-0.2, -0.15) is 0 Å². The van der Waals surface area contributed by atoms with Gasteiger partial charge in [-0.25, -0.2) is 0 Å². The van der Waals surface area contributed by atoms with Gasteiger partial charge in [-0.1, -0.05) is 44.9 Å². The summed E-state index contributed by atoms with van der Waals surface area (Å²) in [6, 6.07) is 9.41. The van der Waals surface area contributed by atoms with E-state index in [-0.39, 0.29) is 12.4 Å². The third-order valence-corrected chi connectivity index (χ3v) is 1.94. The van der Waals surface area contributed by atoms with E-state index in [4.69, 9.17) is 4.74 Å². The molecular formula is C14H16O2. The van der Waals surface area contributed by atoms with E-state index in [1.165, 1.54) is 0 Å². The molecule has 0 aliphatic heterocycles. The lowest BCUT2D eigenvalue weighted by atomic mass is 9.91. The minimum Gasteiger partial charge on any atom is -0.481 e. The van der Waals surface area contributed by atoms with Gasteiger partial charge in [0, 0.05) is 5.41 Å². The van der Waals surface area contributed by atoms with Crippen LogP contribution >= 0.6 is 0 Å². The number of carbonyl (C=O) groups excluding carboxylic acids is 1. The molecule has 0 heterocycles. The van der Waals surface area contributed by atoms with E-state index in [2.05, 4.69) is 11.8 Å². The van der Waals surface area contributed by atoms with Gasteiger partial charge in [-0.15, -0.1) is 0 Å². The van der Waals surface area contributed by atoms with Crippen molar-refractivity contribution in [2.24, 2.45) is 5.41 Å². The summed E-state index contributed by atoms with van der Waals surface area (Å²) in [6.45, 7) is 5.79. The largest absolute Gasteiger partial charge is 0.481 e. The molecule has 0 spiro atoms. The van der Waals surface area contributed by atoms with Crippen LogP contribution in [-0.2, 0) is 4.79 Å². The van der Waals surface area contributed by atoms with Gasteiger partial charge in [-0.3, -0.25) is 4.79 Å². The van der Waals surface area contributed by atoms with Crippen LogP contribution in [-0.4, -0.2) is 12.4 Å². The Bertz CT molecular complexity index is 402. The molecule has 2 heteroatoms. The normalized spacial score (nSPS) is 10.2. The summed E-state index contributed by atoms with van der Waals surface area (Å²) < 4.78 is 5.34. The van der Waals surface area contributed by atoms with Crippen molar-refractivity contribution in [1.82, 2.24) is 0 Å². The van der Waals surface area contributed by atoms with Gasteiger partial charge in [0.15, 0.2) is 0 Å². The van der Waals surface area contributed by atoms with Gasteiger partial charge in [0.1, 0.15) is 12.4 Å². The topological polar surface area (TPSA) is 26.3 Å². The molecule has 0 bridgehead atoms. The molecule has 1 aromatic rings. The molecule has 1 rings (SSSR count). The Labute approximate surface area is 96.6 Å². The third kappa shape index (κ3) is 4.18. The molecule has 16 heavy (non-hydrogen) atoms. The fourth-order valence-corrected chi connectivity index (χ4v) is 0.940. The highest BCUT2D eigenvalue weighted by atomic mass is 16.5. The molecule has 2 nitrogen and oxygen atoms in total. The number of para-hydroxylation sites is 1. The van der Waals surface area contributed by atoms with Crippen LogP contribution in [0.5, 0.6) is 5.75 Å². The van der Waals surface area contributed by atoms with E-state index in [9.17, 15) is 4.79 Å². The summed E-state index contributed by atoms with van der Waals surface area (Å²) in [4.78, 5) is 11.4. The maximum Gasteiger partial charge on any atom is 0.210 e. The van der Waals surface area contributed by atoms with Crippen LogP contribution in [0.15, 0.2) is 30.3 Å². The average molecular weight is 216 g/mol. The lowest BCUT2D eigenvalue weighted by Crippen LogP contribution is -2.17. The fraction of sp³-hybridized carbons (Fsp3) is 0.357. The van der Waals surface area contributed by atoms with Gasteiger partial charge in [-0.05, 0) is 18.1 Å². The highest BCUT2D eigenvalue weighted by Gasteiger charge is 2.18. The van der Waals surface area contributed by atoms with Gasteiger partial charge >= 0.3 is 0 Å². The van der Waals surface area contributed by atoms with Gasteiger partial charge in [0.2, 0.25) is 5.78 Å². The predicted molar refractivity (Wildman–Crippen MR) is 64.2 cm³/mol. The molecule has 0 atom stereocenters. The van der Waals surface area contributed by atoms with Crippen LogP contribution in [0.4, 0.5) is 0 Å². The number of rotatable bonds is 2. The second-order valence-electron chi connectivity index (χ2n) is 4.48. The first-order valence-electron chi connectivity index (χ1n) is 5.21. The molecule has 0 unspecified atom stereocenters. The van der Waals surface area contributed by atoms with Crippen molar-refractivity contribution in [2.75, 3.05) is 6.61 Å². The van der Waals surface area contributed by atoms with Crippen molar-refractivity contribution in [3.05, 3.63) is 30.3 Å². The number of Topliss-reactive ketones (excluding diaryl/α,β-unsaturated/α-hetero) is 1. The summed E-state index contributed by atoms with van der Waals surface area (Å²) in [7, 11) is 0. The van der Waals surface area contributed by atoms with Crippen LogP contribution in [0.3, 0.4) is 0 Å². The van der Waals surface area contributed by atoms with Crippen LogP contribution in [0.1, 0.15) is 20.8 Å². The summed E-state index contributed by atoms with van der Waals surface area (Å²) in [5, 5.41) is 0. The van der Waals surface area contributed by atoms with Gasteiger partial charge in [0.05, 0.1) is 0 Å². The van der Waals surface area contributed by atoms with E-state index in [0.29, 0.717) is 0 Å². The molecule has 0 aliphatic carbocycles. The van der Waals surface area contributed by atoms with Crippen molar-refractivity contribution < 1.29 is 9.53 Å². The zero-order valence-electron chi connectivity index (χ0n) is 9.91. The quantitative estimate of drug-likeness (QED) is 0.561. The van der Waals surface area contributed by atoms with Crippen molar-refractivity contribution in [2.45, 2.75) is 20.8 Å². The molecule has 0 aliphatic rings. The molecule has 1 aromatic carbocycles. The monoisotopic (exact) mass is 216 g/mol. The average Bonchev–Trinajstić information content (AvgIpc) is 2.24. The number of hydrogen-bond donors (Lipinski definition) is 0. The first-order valence-corrected chi connectivity index (χ1v) is 5.21. The van der Waals surface area contributed by atoms with Gasteiger partial charge in [0.25, 0.3) is 0 Å². The van der Waals surface area contributed by atoms with Crippen LogP contribution in [0.2, 0.25) is 0 Å². The maximum absolute atomic E-state index is 11.4. The Kier molecular flexibility index (Phi) is 4.13. The lowest BCUT2D eigenvalue weighted by Gasteiger charge is -2.10. The molecule has 0 aromatic heterocycles. The first-order chi connectivity index (χ1) is 7.50. The zero-order valence-corrected chi connectivity index (χ0v) is 9.91. The SMILES string of the molecule is CC(C)(C)C(=O)C#CCOc1ccccc1. The zero-order chi connectivity index (χ0) is 12.0. The minimum atomic E-state index is -0.403. The second kappa shape index (κ2) is 5.37. The smallest absolute Gasteiger partial charge is 0.210 e. The Morgan fingerprint density at radius 1 is 1.25 bits per heavy atom. The Hall–Kier alpha value is -1.75. The lowest BCUT2D eigenvalue weighted by molar-refractivity contribution is -0.120. The molecule has 0 saturated carbocycles. The summed E-state index contributed by atoms with van der Waals surface area (Å²) >= 11 is 0. The number of ketones is 1. The Morgan fingerprint density at radius 2 is 1.88 bits per heavy atom. The van der Waals surface area contributed by atoms with E-state index < -0.39 is 5.41 Å². The second-order valence-corrected chi connectivity index (χ2v) is 4.48. The molecule has 0 amide bonds. The van der Waals surface area contributed by atoms with Gasteiger partial charge < -0.3 is 4.74 Å². The minimum absolute atomic E-state index is 0.0656. The van der Waals surface area contributed by atoms with E-state index >= 15 is 0 Å². The van der Waals surface area contributed by atoms with E-state index in [0.717, 1.165) is 5.75 Å². The standard InChI is InChI=1S/C14H16O2/c1-14(2,3)13(15)10-7-11-16-12-8-5-4-6-9-12/h4-6,8-9H,11H2,1-3H3. The molecule has 0 saturated heterocycles. The van der Waals surface area contributed by atoms with Crippen LogP contribution < -0.4 is 4.74 Å². The molecule has 0 N–H and O–H groups in total. The fourth-order valence-electron chi connectivity index (χ4n) is 0.940. The van der Waals surface area contributed by atoms with E-state index in [1.54, 1.807) is 0 Å². The third-order valence-electron chi connectivity index (χ3n) is 1.94. The number of ether oxygens (including phenoxy) is 1. The number of benzene rings is 1. The van der Waals surface area contributed by atoms with E-state index in [1.807, 2.05) is 51.1 Å². The number of carbonyl (C=O) groups is 1. The summed E-state index contributed by atoms with van der Waals surface area (Å²) in [5.41, 5.74) is -0.403. The molecule has 0 radical (unpaired) electrons. The van der Waals surface area contributed by atoms with Crippen molar-refractivity contribution in [1.29, 1.82) is 0 Å². The highest BCUT2D eigenvalue weighted by molar-refractivity contribution is 5.99. The Morgan fingerprint density at radius 3 is 2.44 bits per heavy atom. The Balaban J connectivity index is 2.43. The number of hydrogen-bond acceptors (Lipinski definition) is 2. The maximum atomic E-state index is 11.4.